The number of amides is 2. The third-order valence-corrected chi connectivity index (χ3v) is 5.12. The van der Waals surface area contributed by atoms with Crippen LogP contribution in [0.5, 0.6) is 0 Å². The van der Waals surface area contributed by atoms with E-state index in [1.165, 1.54) is 9.80 Å². The largest absolute Gasteiger partial charge is 0.354 e. The lowest BCUT2D eigenvalue weighted by atomic mass is 10.2. The van der Waals surface area contributed by atoms with Gasteiger partial charge >= 0.3 is 0 Å². The van der Waals surface area contributed by atoms with Crippen LogP contribution in [-0.2, 0) is 19.1 Å². The van der Waals surface area contributed by atoms with Gasteiger partial charge in [-0.2, -0.15) is 0 Å². The molecule has 0 aromatic rings. The van der Waals surface area contributed by atoms with E-state index in [0.29, 0.717) is 26.1 Å². The molecule has 4 heterocycles. The van der Waals surface area contributed by atoms with Gasteiger partial charge in [0.15, 0.2) is 12.3 Å². The smallest absolute Gasteiger partial charge is 0.259 e. The fraction of sp³-hybridized carbons (Fsp3) is 0.875. The summed E-state index contributed by atoms with van der Waals surface area (Å²) in [6.45, 7) is 8.12. The highest BCUT2D eigenvalue weighted by Gasteiger charge is 2.52. The molecule has 136 valence electrons. The van der Waals surface area contributed by atoms with Crippen molar-refractivity contribution in [3.63, 3.8) is 0 Å². The molecule has 0 saturated carbocycles. The number of carbonyl (C=O) groups excluding carboxylic acids is 2. The van der Waals surface area contributed by atoms with Gasteiger partial charge in [0.2, 0.25) is 0 Å². The normalized spacial score (nSPS) is 38.9. The molecule has 0 unspecified atom stereocenters. The zero-order valence-electron chi connectivity index (χ0n) is 14.4. The number of fused-ring (bicyclic) bond motifs is 2. The van der Waals surface area contributed by atoms with Crippen LogP contribution in [0.1, 0.15) is 40.5 Å². The Balaban J connectivity index is 0.000000141. The zero-order chi connectivity index (χ0) is 17.9. The van der Waals surface area contributed by atoms with Crippen molar-refractivity contribution in [1.29, 1.82) is 0 Å². The van der Waals surface area contributed by atoms with Gasteiger partial charge in [-0.3, -0.25) is 9.59 Å². The molecular weight excluding hydrogens is 322 g/mol. The molecule has 8 heteroatoms. The number of rotatable bonds is 0. The number of nitrogens with zero attached hydrogens (tertiary/aromatic N) is 2. The van der Waals surface area contributed by atoms with Gasteiger partial charge in [0.1, 0.15) is 11.4 Å². The summed E-state index contributed by atoms with van der Waals surface area (Å²) in [4.78, 5) is 25.6. The molecule has 0 aliphatic carbocycles. The average molecular weight is 346 g/mol. The molecule has 0 spiro atoms. The van der Waals surface area contributed by atoms with Crippen molar-refractivity contribution < 1.29 is 27.8 Å². The Kier molecular flexibility index (Phi) is 4.11. The van der Waals surface area contributed by atoms with Gasteiger partial charge < -0.3 is 19.3 Å². The minimum Gasteiger partial charge on any atom is -0.354 e. The van der Waals surface area contributed by atoms with Crippen molar-refractivity contribution >= 4 is 11.8 Å². The van der Waals surface area contributed by atoms with Gasteiger partial charge in [-0.05, 0) is 27.7 Å². The molecule has 6 nitrogen and oxygen atoms in total. The van der Waals surface area contributed by atoms with Crippen molar-refractivity contribution in [2.75, 3.05) is 13.2 Å². The van der Waals surface area contributed by atoms with Crippen LogP contribution in [0.15, 0.2) is 0 Å². The third kappa shape index (κ3) is 2.69. The van der Waals surface area contributed by atoms with Crippen LogP contribution in [0.3, 0.4) is 0 Å². The molecule has 4 aliphatic heterocycles. The summed E-state index contributed by atoms with van der Waals surface area (Å²) in [6, 6.07) is -0.0787. The average Bonchev–Trinajstić information content (AvgIpc) is 3.12. The van der Waals surface area contributed by atoms with E-state index >= 15 is 0 Å². The molecule has 0 bridgehead atoms. The SMILES string of the molecule is CC1(C)OC[C@H]2C[C@@H](F)C(=O)N21.CC1(C)OC[C@H]2C[C@H](F)C(=O)N21. The number of hydrogen-bond acceptors (Lipinski definition) is 4. The number of hydrogen-bond donors (Lipinski definition) is 0. The molecule has 4 atom stereocenters. The quantitative estimate of drug-likeness (QED) is 0.665. The molecule has 4 saturated heterocycles. The maximum Gasteiger partial charge on any atom is 0.259 e. The van der Waals surface area contributed by atoms with E-state index in [2.05, 4.69) is 0 Å². The van der Waals surface area contributed by atoms with Crippen LogP contribution in [0.2, 0.25) is 0 Å². The van der Waals surface area contributed by atoms with Crippen molar-refractivity contribution in [3.05, 3.63) is 0 Å². The molecule has 0 aromatic heterocycles. The van der Waals surface area contributed by atoms with Crippen molar-refractivity contribution in [2.45, 2.75) is 76.4 Å². The second-order valence-electron chi connectivity index (χ2n) is 7.65. The van der Waals surface area contributed by atoms with Crippen molar-refractivity contribution in [3.8, 4) is 0 Å². The van der Waals surface area contributed by atoms with Crippen LogP contribution in [0.4, 0.5) is 8.78 Å². The van der Waals surface area contributed by atoms with Gasteiger partial charge in [-0.1, -0.05) is 0 Å². The first-order valence-corrected chi connectivity index (χ1v) is 8.27. The van der Waals surface area contributed by atoms with Gasteiger partial charge in [-0.15, -0.1) is 0 Å². The lowest BCUT2D eigenvalue weighted by Gasteiger charge is -2.28. The number of halogens is 2. The monoisotopic (exact) mass is 346 g/mol. The summed E-state index contributed by atoms with van der Waals surface area (Å²) >= 11 is 0. The molecule has 4 fully saturated rings. The summed E-state index contributed by atoms with van der Waals surface area (Å²) in [5.74, 6) is -0.829. The van der Waals surface area contributed by atoms with Crippen molar-refractivity contribution in [2.24, 2.45) is 0 Å². The first kappa shape index (κ1) is 17.5. The Labute approximate surface area is 140 Å². The van der Waals surface area contributed by atoms with E-state index in [1.54, 1.807) is 27.7 Å². The minimum absolute atomic E-state index is 0.0394. The third-order valence-electron chi connectivity index (χ3n) is 5.12. The first-order valence-electron chi connectivity index (χ1n) is 8.27. The summed E-state index contributed by atoms with van der Waals surface area (Å²) in [7, 11) is 0. The first-order chi connectivity index (χ1) is 11.0. The Hall–Kier alpha value is -1.28. The maximum atomic E-state index is 12.9. The Bertz CT molecular complexity index is 506. The number of alkyl halides is 2. The lowest BCUT2D eigenvalue weighted by Crippen LogP contribution is -2.44. The van der Waals surface area contributed by atoms with Crippen LogP contribution < -0.4 is 0 Å². The predicted molar refractivity (Wildman–Crippen MR) is 80.4 cm³/mol. The predicted octanol–water partition coefficient (Wildman–Crippen LogP) is 1.38. The molecule has 2 amide bonds. The summed E-state index contributed by atoms with van der Waals surface area (Å²) in [6.07, 6.45) is -2.03. The van der Waals surface area contributed by atoms with E-state index in [1.807, 2.05) is 0 Å². The zero-order valence-corrected chi connectivity index (χ0v) is 14.4. The second kappa shape index (κ2) is 5.62. The van der Waals surface area contributed by atoms with E-state index in [0.717, 1.165) is 0 Å². The van der Waals surface area contributed by atoms with Crippen LogP contribution in [0.25, 0.3) is 0 Å². The highest BCUT2D eigenvalue weighted by Crippen LogP contribution is 2.37. The Morgan fingerprint density at radius 2 is 1.17 bits per heavy atom. The fourth-order valence-corrected chi connectivity index (χ4v) is 3.99. The molecule has 4 rings (SSSR count). The number of ether oxygens (including phenoxy) is 2. The van der Waals surface area contributed by atoms with Crippen LogP contribution in [-0.4, -0.2) is 70.7 Å². The van der Waals surface area contributed by atoms with Crippen molar-refractivity contribution in [1.82, 2.24) is 9.80 Å². The van der Waals surface area contributed by atoms with Crippen LogP contribution >= 0.6 is 0 Å². The van der Waals surface area contributed by atoms with Crippen LogP contribution in [0, 0.1) is 0 Å². The van der Waals surface area contributed by atoms with E-state index in [-0.39, 0.29) is 12.1 Å². The Morgan fingerprint density at radius 3 is 1.46 bits per heavy atom. The Morgan fingerprint density at radius 1 is 0.833 bits per heavy atom. The summed E-state index contributed by atoms with van der Waals surface area (Å²) in [5.41, 5.74) is -1.22. The van der Waals surface area contributed by atoms with E-state index in [9.17, 15) is 18.4 Å². The molecular formula is C16H24F2N2O4. The lowest BCUT2D eigenvalue weighted by molar-refractivity contribution is -0.146. The molecule has 0 N–H and O–H groups in total. The number of carbonyl (C=O) groups is 2. The summed E-state index contributed by atoms with van der Waals surface area (Å²) in [5, 5.41) is 0. The minimum atomic E-state index is -1.31. The fourth-order valence-electron chi connectivity index (χ4n) is 3.99. The molecule has 24 heavy (non-hydrogen) atoms. The highest BCUT2D eigenvalue weighted by molar-refractivity contribution is 5.84. The molecule has 0 radical (unpaired) electrons. The van der Waals surface area contributed by atoms with Gasteiger partial charge in [0.05, 0.1) is 25.3 Å². The molecule has 4 aliphatic rings. The second-order valence-corrected chi connectivity index (χ2v) is 7.65. The summed E-state index contributed by atoms with van der Waals surface area (Å²) < 4.78 is 36.6. The highest BCUT2D eigenvalue weighted by atomic mass is 19.1. The topological polar surface area (TPSA) is 59.1 Å². The van der Waals surface area contributed by atoms with Gasteiger partial charge in [0.25, 0.3) is 11.8 Å². The van der Waals surface area contributed by atoms with Gasteiger partial charge in [-0.25, -0.2) is 8.78 Å². The van der Waals surface area contributed by atoms with Gasteiger partial charge in [0, 0.05) is 12.8 Å². The van der Waals surface area contributed by atoms with E-state index < -0.39 is 35.6 Å². The maximum absolute atomic E-state index is 12.9. The van der Waals surface area contributed by atoms with E-state index in [4.69, 9.17) is 9.47 Å². The standard InChI is InChI=1S/2C8H12FNO2/c2*1-8(2)10-5(4-12-8)3-6(9)7(10)11/h2*5-6H,3-4H2,1-2H3/t5-,6+;5-,6-/m11/s1. The molecule has 0 aromatic carbocycles.